The molecule has 0 unspecified atom stereocenters. The number of thiazole rings is 1. The Bertz CT molecular complexity index is 566. The molecule has 0 spiro atoms. The van der Waals surface area contributed by atoms with Crippen LogP contribution in [0.1, 0.15) is 37.8 Å². The maximum Gasteiger partial charge on any atom is 0.181 e. The minimum atomic E-state index is 0.620. The monoisotopic (exact) mass is 386 g/mol. The van der Waals surface area contributed by atoms with Gasteiger partial charge in [0.25, 0.3) is 0 Å². The molecule has 3 rings (SSSR count). The zero-order valence-electron chi connectivity index (χ0n) is 10.7. The summed E-state index contributed by atoms with van der Waals surface area (Å²) in [7, 11) is 0. The number of halogens is 1. The molecule has 1 saturated carbocycles. The first kappa shape index (κ1) is 13.2. The maximum absolute atomic E-state index is 4.73. The van der Waals surface area contributed by atoms with Crippen molar-refractivity contribution in [3.63, 3.8) is 0 Å². The van der Waals surface area contributed by atoms with Crippen LogP contribution in [0.5, 0.6) is 0 Å². The Labute approximate surface area is 130 Å². The van der Waals surface area contributed by atoms with Crippen LogP contribution < -0.4 is 5.32 Å². The van der Waals surface area contributed by atoms with E-state index in [9.17, 15) is 0 Å². The van der Waals surface area contributed by atoms with Crippen LogP contribution in [0, 0.1) is 3.57 Å². The maximum atomic E-state index is 4.73. The van der Waals surface area contributed by atoms with Crippen molar-refractivity contribution in [3.05, 3.63) is 20.2 Å². The van der Waals surface area contributed by atoms with Crippen molar-refractivity contribution in [2.45, 2.75) is 32.1 Å². The van der Waals surface area contributed by atoms with Gasteiger partial charge in [-0.3, -0.25) is 0 Å². The zero-order valence-corrected chi connectivity index (χ0v) is 13.7. The molecule has 2 aromatic rings. The molecule has 2 heterocycles. The standard InChI is InChI=1S/C13H15IN4S/c1-2-5-15-13-10(14)11(8-3-4-8)17-12(18-13)9-6-19-7-16-9/h6-8H,2-5H2,1H3,(H,15,17,18). The van der Waals surface area contributed by atoms with Crippen molar-refractivity contribution in [1.29, 1.82) is 0 Å². The van der Waals surface area contributed by atoms with Crippen molar-refractivity contribution in [3.8, 4) is 11.5 Å². The molecule has 100 valence electrons. The van der Waals surface area contributed by atoms with Crippen LogP contribution in [-0.4, -0.2) is 21.5 Å². The predicted molar refractivity (Wildman–Crippen MR) is 86.6 cm³/mol. The summed E-state index contributed by atoms with van der Waals surface area (Å²) in [5, 5.41) is 5.41. The Morgan fingerprint density at radius 3 is 2.89 bits per heavy atom. The van der Waals surface area contributed by atoms with Crippen LogP contribution in [0.15, 0.2) is 10.9 Å². The molecule has 0 atom stereocenters. The third-order valence-electron chi connectivity index (χ3n) is 3.04. The summed E-state index contributed by atoms with van der Waals surface area (Å²) in [6, 6.07) is 0. The highest BCUT2D eigenvalue weighted by Crippen LogP contribution is 2.42. The minimum absolute atomic E-state index is 0.620. The van der Waals surface area contributed by atoms with Gasteiger partial charge in [0.1, 0.15) is 11.5 Å². The summed E-state index contributed by atoms with van der Waals surface area (Å²) in [5.41, 5.74) is 3.90. The molecule has 0 aliphatic heterocycles. The predicted octanol–water partition coefficient (Wildman–Crippen LogP) is 3.90. The van der Waals surface area contributed by atoms with Gasteiger partial charge in [0.2, 0.25) is 0 Å². The molecule has 0 aromatic carbocycles. The second-order valence-electron chi connectivity index (χ2n) is 4.67. The summed E-state index contributed by atoms with van der Waals surface area (Å²) < 4.78 is 1.17. The number of nitrogens with zero attached hydrogens (tertiary/aromatic N) is 3. The molecule has 1 N–H and O–H groups in total. The van der Waals surface area contributed by atoms with Crippen molar-refractivity contribution in [2.75, 3.05) is 11.9 Å². The molecule has 19 heavy (non-hydrogen) atoms. The summed E-state index contributed by atoms with van der Waals surface area (Å²) in [5.74, 6) is 2.33. The van der Waals surface area contributed by atoms with Gasteiger partial charge in [-0.1, -0.05) is 6.92 Å². The molecule has 0 amide bonds. The van der Waals surface area contributed by atoms with Crippen LogP contribution in [0.25, 0.3) is 11.5 Å². The Morgan fingerprint density at radius 2 is 2.26 bits per heavy atom. The van der Waals surface area contributed by atoms with Gasteiger partial charge in [-0.05, 0) is 41.9 Å². The number of anilines is 1. The van der Waals surface area contributed by atoms with Crippen molar-refractivity contribution in [2.24, 2.45) is 0 Å². The Morgan fingerprint density at radius 1 is 1.42 bits per heavy atom. The van der Waals surface area contributed by atoms with Crippen LogP contribution in [0.3, 0.4) is 0 Å². The van der Waals surface area contributed by atoms with Crippen molar-refractivity contribution in [1.82, 2.24) is 15.0 Å². The fourth-order valence-corrected chi connectivity index (χ4v) is 3.29. The first-order valence-corrected chi connectivity index (χ1v) is 8.51. The first-order chi connectivity index (χ1) is 9.29. The molecule has 0 saturated heterocycles. The third kappa shape index (κ3) is 2.89. The van der Waals surface area contributed by atoms with E-state index in [-0.39, 0.29) is 0 Å². The third-order valence-corrected chi connectivity index (χ3v) is 4.69. The lowest BCUT2D eigenvalue weighted by atomic mass is 10.2. The van der Waals surface area contributed by atoms with Gasteiger partial charge >= 0.3 is 0 Å². The van der Waals surface area contributed by atoms with Crippen LogP contribution >= 0.6 is 33.9 Å². The largest absolute Gasteiger partial charge is 0.369 e. The van der Waals surface area contributed by atoms with E-state index in [4.69, 9.17) is 4.98 Å². The SMILES string of the molecule is CCCNc1nc(-c2cscn2)nc(C2CC2)c1I. The van der Waals surface area contributed by atoms with Gasteiger partial charge in [0.05, 0.1) is 14.8 Å². The van der Waals surface area contributed by atoms with E-state index in [1.165, 1.54) is 22.1 Å². The van der Waals surface area contributed by atoms with Gasteiger partial charge in [-0.2, -0.15) is 0 Å². The molecular weight excluding hydrogens is 371 g/mol. The summed E-state index contributed by atoms with van der Waals surface area (Å²) >= 11 is 3.94. The number of rotatable bonds is 5. The topological polar surface area (TPSA) is 50.7 Å². The van der Waals surface area contributed by atoms with Gasteiger partial charge in [0.15, 0.2) is 5.82 Å². The molecule has 6 heteroatoms. The lowest BCUT2D eigenvalue weighted by Crippen LogP contribution is -2.08. The molecule has 1 aliphatic rings. The highest BCUT2D eigenvalue weighted by molar-refractivity contribution is 14.1. The number of hydrogen-bond acceptors (Lipinski definition) is 5. The van der Waals surface area contributed by atoms with Gasteiger partial charge in [-0.25, -0.2) is 15.0 Å². The summed E-state index contributed by atoms with van der Waals surface area (Å²) in [6.07, 6.45) is 3.58. The Hall–Kier alpha value is -0.760. The molecule has 0 bridgehead atoms. The van der Waals surface area contributed by atoms with E-state index in [2.05, 4.69) is 44.8 Å². The highest BCUT2D eigenvalue weighted by Gasteiger charge is 2.29. The summed E-state index contributed by atoms with van der Waals surface area (Å²) in [6.45, 7) is 3.10. The second-order valence-corrected chi connectivity index (χ2v) is 6.47. The molecular formula is C13H15IN4S. The average Bonchev–Trinajstić information content (AvgIpc) is 3.11. The van der Waals surface area contributed by atoms with E-state index in [0.717, 1.165) is 30.3 Å². The number of hydrogen-bond donors (Lipinski definition) is 1. The average molecular weight is 386 g/mol. The van der Waals surface area contributed by atoms with E-state index in [1.54, 1.807) is 11.3 Å². The number of aromatic nitrogens is 3. The van der Waals surface area contributed by atoms with Crippen molar-refractivity contribution >= 4 is 39.7 Å². The lowest BCUT2D eigenvalue weighted by molar-refractivity contribution is 0.937. The van der Waals surface area contributed by atoms with Crippen LogP contribution in [-0.2, 0) is 0 Å². The smallest absolute Gasteiger partial charge is 0.181 e. The second kappa shape index (κ2) is 5.70. The molecule has 2 aromatic heterocycles. The minimum Gasteiger partial charge on any atom is -0.369 e. The van der Waals surface area contributed by atoms with Crippen LogP contribution in [0.4, 0.5) is 5.82 Å². The van der Waals surface area contributed by atoms with E-state index in [1.807, 2.05) is 10.9 Å². The molecule has 0 radical (unpaired) electrons. The van der Waals surface area contributed by atoms with E-state index < -0.39 is 0 Å². The fourth-order valence-electron chi connectivity index (χ4n) is 1.89. The van der Waals surface area contributed by atoms with Gasteiger partial charge < -0.3 is 5.32 Å². The number of nitrogens with one attached hydrogen (secondary N) is 1. The fraction of sp³-hybridized carbons (Fsp3) is 0.462. The van der Waals surface area contributed by atoms with E-state index in [0.29, 0.717) is 5.92 Å². The molecule has 1 fully saturated rings. The van der Waals surface area contributed by atoms with Crippen molar-refractivity contribution < 1.29 is 0 Å². The summed E-state index contributed by atoms with van der Waals surface area (Å²) in [4.78, 5) is 13.7. The molecule has 4 nitrogen and oxygen atoms in total. The molecule has 1 aliphatic carbocycles. The highest BCUT2D eigenvalue weighted by atomic mass is 127. The lowest BCUT2D eigenvalue weighted by Gasteiger charge is -2.11. The van der Waals surface area contributed by atoms with Gasteiger partial charge in [-0.15, -0.1) is 11.3 Å². The first-order valence-electron chi connectivity index (χ1n) is 6.49. The van der Waals surface area contributed by atoms with Crippen LogP contribution in [0.2, 0.25) is 0 Å². The Kier molecular flexibility index (Phi) is 3.97. The van der Waals surface area contributed by atoms with Gasteiger partial charge in [0, 0.05) is 17.8 Å². The Balaban J connectivity index is 2.02. The normalized spacial score (nSPS) is 14.6. The van der Waals surface area contributed by atoms with E-state index >= 15 is 0 Å². The zero-order chi connectivity index (χ0) is 13.2. The quantitative estimate of drug-likeness (QED) is 0.792.